The lowest BCUT2D eigenvalue weighted by Crippen LogP contribution is -2.19. The van der Waals surface area contributed by atoms with Gasteiger partial charge in [-0.25, -0.2) is 5.43 Å². The summed E-state index contributed by atoms with van der Waals surface area (Å²) < 4.78 is 6.55. The third-order valence-electron chi connectivity index (χ3n) is 2.88. The number of carbonyl (C=O) groups excluding carboxylic acids is 1. The largest absolute Gasteiger partial charge is 0.440 e. The van der Waals surface area contributed by atoms with E-state index in [1.807, 2.05) is 49.3 Å². The van der Waals surface area contributed by atoms with Gasteiger partial charge in [-0.05, 0) is 17.7 Å². The minimum absolute atomic E-state index is 0.141. The van der Waals surface area contributed by atoms with Gasteiger partial charge >= 0.3 is 0 Å². The Kier molecular flexibility index (Phi) is 6.73. The van der Waals surface area contributed by atoms with Gasteiger partial charge in [-0.3, -0.25) is 4.79 Å². The van der Waals surface area contributed by atoms with Gasteiger partial charge in [0.05, 0.1) is 12.0 Å². The highest BCUT2D eigenvalue weighted by atomic mass is 79.9. The van der Waals surface area contributed by atoms with Crippen molar-refractivity contribution in [2.45, 2.75) is 5.75 Å². The molecule has 0 aliphatic heterocycles. The maximum atomic E-state index is 11.7. The summed E-state index contributed by atoms with van der Waals surface area (Å²) in [7, 11) is 3.79. The molecule has 7 heteroatoms. The molecule has 0 aliphatic carbocycles. The molecule has 1 aromatic carbocycles. The molecule has 0 atom stereocenters. The predicted octanol–water partition coefficient (Wildman–Crippen LogP) is 3.49. The van der Waals surface area contributed by atoms with Gasteiger partial charge in [0.2, 0.25) is 5.91 Å². The number of furan rings is 1. The highest BCUT2D eigenvalue weighted by Gasteiger charge is 2.04. The van der Waals surface area contributed by atoms with E-state index in [1.165, 1.54) is 23.5 Å². The third kappa shape index (κ3) is 5.76. The van der Waals surface area contributed by atoms with Gasteiger partial charge in [-0.15, -0.1) is 11.8 Å². The number of hydrogen-bond acceptors (Lipinski definition) is 5. The molecule has 5 nitrogen and oxygen atoms in total. The molecule has 23 heavy (non-hydrogen) atoms. The molecule has 0 unspecified atom stereocenters. The van der Waals surface area contributed by atoms with Crippen LogP contribution in [-0.2, 0) is 10.5 Å². The van der Waals surface area contributed by atoms with Crippen molar-refractivity contribution in [1.82, 2.24) is 5.43 Å². The summed E-state index contributed by atoms with van der Waals surface area (Å²) in [4.78, 5) is 13.6. The van der Waals surface area contributed by atoms with E-state index in [2.05, 4.69) is 26.5 Å². The van der Waals surface area contributed by atoms with E-state index in [4.69, 9.17) is 4.42 Å². The number of thioether (sulfide) groups is 1. The summed E-state index contributed by atoms with van der Waals surface area (Å²) in [6.07, 6.45) is 1.49. The monoisotopic (exact) mass is 395 g/mol. The zero-order chi connectivity index (χ0) is 16.7. The van der Waals surface area contributed by atoms with E-state index in [1.54, 1.807) is 6.07 Å². The number of amides is 1. The second kappa shape index (κ2) is 8.79. The normalized spacial score (nSPS) is 10.9. The van der Waals surface area contributed by atoms with Gasteiger partial charge in [0.25, 0.3) is 0 Å². The Hall–Kier alpha value is -1.73. The molecule has 0 radical (unpaired) electrons. The van der Waals surface area contributed by atoms with Crippen LogP contribution in [-0.4, -0.2) is 32.0 Å². The standard InChI is InChI=1S/C16H18BrN3O2S/c1-20(2)16-8-7-13(22-16)9-18-19-15(21)11-23-10-12-5-3-4-6-14(12)17/h3-9H,10-11H2,1-2H3,(H,19,21)/b18-9-. The van der Waals surface area contributed by atoms with Crippen molar-refractivity contribution in [2.24, 2.45) is 5.10 Å². The lowest BCUT2D eigenvalue weighted by atomic mass is 10.2. The number of nitrogens with zero attached hydrogens (tertiary/aromatic N) is 2. The second-order valence-electron chi connectivity index (χ2n) is 4.95. The van der Waals surface area contributed by atoms with E-state index in [0.29, 0.717) is 11.5 Å². The molecule has 0 saturated carbocycles. The molecule has 0 bridgehead atoms. The van der Waals surface area contributed by atoms with Crippen molar-refractivity contribution in [2.75, 3.05) is 24.7 Å². The minimum Gasteiger partial charge on any atom is -0.440 e. The fraction of sp³-hybridized carbons (Fsp3) is 0.250. The number of halogens is 1. The molecular weight excluding hydrogens is 378 g/mol. The Labute approximate surface area is 148 Å². The summed E-state index contributed by atoms with van der Waals surface area (Å²) >= 11 is 5.03. The highest BCUT2D eigenvalue weighted by Crippen LogP contribution is 2.21. The third-order valence-corrected chi connectivity index (χ3v) is 4.64. The van der Waals surface area contributed by atoms with Crippen LogP contribution in [0, 0.1) is 0 Å². The molecule has 0 spiro atoms. The van der Waals surface area contributed by atoms with Crippen LogP contribution in [0.4, 0.5) is 5.88 Å². The molecule has 1 aromatic heterocycles. The summed E-state index contributed by atoms with van der Waals surface area (Å²) in [5.41, 5.74) is 3.66. The predicted molar refractivity (Wildman–Crippen MR) is 99.1 cm³/mol. The van der Waals surface area contributed by atoms with Gasteiger partial charge in [0.1, 0.15) is 5.76 Å². The summed E-state index contributed by atoms with van der Waals surface area (Å²) in [5.74, 6) is 2.30. The molecule has 0 saturated heterocycles. The topological polar surface area (TPSA) is 57.8 Å². The van der Waals surface area contributed by atoms with Crippen LogP contribution in [0.1, 0.15) is 11.3 Å². The molecule has 0 aliphatic rings. The van der Waals surface area contributed by atoms with Gasteiger partial charge < -0.3 is 9.32 Å². The van der Waals surface area contributed by atoms with E-state index >= 15 is 0 Å². The van der Waals surface area contributed by atoms with Crippen LogP contribution >= 0.6 is 27.7 Å². The number of nitrogens with one attached hydrogen (secondary N) is 1. The van der Waals surface area contributed by atoms with Crippen molar-refractivity contribution in [3.8, 4) is 0 Å². The zero-order valence-corrected chi connectivity index (χ0v) is 15.4. The summed E-state index contributed by atoms with van der Waals surface area (Å²) in [6, 6.07) is 11.6. The Morgan fingerprint density at radius 2 is 2.13 bits per heavy atom. The van der Waals surface area contributed by atoms with Crippen LogP contribution < -0.4 is 10.3 Å². The summed E-state index contributed by atoms with van der Waals surface area (Å²) in [5, 5.41) is 3.90. The Bertz CT molecular complexity index is 685. The van der Waals surface area contributed by atoms with Crippen LogP contribution in [0.25, 0.3) is 0 Å². The Morgan fingerprint density at radius 1 is 1.35 bits per heavy atom. The second-order valence-corrected chi connectivity index (χ2v) is 6.79. The number of benzene rings is 1. The average Bonchev–Trinajstić information content (AvgIpc) is 2.98. The Balaban J connectivity index is 1.72. The minimum atomic E-state index is -0.141. The SMILES string of the molecule is CN(C)c1ccc(/C=N\NC(=O)CSCc2ccccc2Br)o1. The van der Waals surface area contributed by atoms with Crippen LogP contribution in [0.3, 0.4) is 0 Å². The number of hydrogen-bond donors (Lipinski definition) is 1. The molecule has 122 valence electrons. The fourth-order valence-corrected chi connectivity index (χ4v) is 3.16. The maximum Gasteiger partial charge on any atom is 0.250 e. The first-order chi connectivity index (χ1) is 11.1. The van der Waals surface area contributed by atoms with E-state index in [-0.39, 0.29) is 5.91 Å². The van der Waals surface area contributed by atoms with Crippen molar-refractivity contribution in [3.63, 3.8) is 0 Å². The van der Waals surface area contributed by atoms with Crippen LogP contribution in [0.5, 0.6) is 0 Å². The van der Waals surface area contributed by atoms with E-state index in [0.717, 1.165) is 16.1 Å². The fourth-order valence-electron chi connectivity index (χ4n) is 1.72. The van der Waals surface area contributed by atoms with Gasteiger partial charge in [-0.2, -0.15) is 5.10 Å². The van der Waals surface area contributed by atoms with Crippen molar-refractivity contribution in [3.05, 3.63) is 52.2 Å². The van der Waals surface area contributed by atoms with Gasteiger partial charge in [-0.1, -0.05) is 34.1 Å². The first-order valence-electron chi connectivity index (χ1n) is 6.96. The van der Waals surface area contributed by atoms with Crippen LogP contribution in [0.15, 0.2) is 50.4 Å². The van der Waals surface area contributed by atoms with Crippen molar-refractivity contribution >= 4 is 45.7 Å². The molecule has 1 N–H and O–H groups in total. The molecule has 2 rings (SSSR count). The van der Waals surface area contributed by atoms with Crippen molar-refractivity contribution in [1.29, 1.82) is 0 Å². The quantitative estimate of drug-likeness (QED) is 0.575. The smallest absolute Gasteiger partial charge is 0.250 e. The maximum absolute atomic E-state index is 11.7. The molecular formula is C16H18BrN3O2S. The first kappa shape index (κ1) is 17.6. The van der Waals surface area contributed by atoms with Gasteiger partial charge in [0.15, 0.2) is 5.88 Å². The first-order valence-corrected chi connectivity index (χ1v) is 8.91. The number of carbonyl (C=O) groups is 1. The van der Waals surface area contributed by atoms with Crippen LogP contribution in [0.2, 0.25) is 0 Å². The lowest BCUT2D eigenvalue weighted by Gasteiger charge is -2.05. The molecule has 1 amide bonds. The number of anilines is 1. The number of hydrazone groups is 1. The summed E-state index contributed by atoms with van der Waals surface area (Å²) in [6.45, 7) is 0. The Morgan fingerprint density at radius 3 is 2.83 bits per heavy atom. The highest BCUT2D eigenvalue weighted by molar-refractivity contribution is 9.10. The average molecular weight is 396 g/mol. The molecule has 2 aromatic rings. The zero-order valence-electron chi connectivity index (χ0n) is 13.0. The van der Waals surface area contributed by atoms with Crippen molar-refractivity contribution < 1.29 is 9.21 Å². The molecule has 0 fully saturated rings. The molecule has 1 heterocycles. The van der Waals surface area contributed by atoms with E-state index in [9.17, 15) is 4.79 Å². The lowest BCUT2D eigenvalue weighted by molar-refractivity contribution is -0.118. The van der Waals surface area contributed by atoms with Gasteiger partial charge in [0, 0.05) is 30.4 Å². The number of rotatable bonds is 7. The van der Waals surface area contributed by atoms with E-state index < -0.39 is 0 Å².